The SMILES string of the molecule is O=S1(=O)C=CC=CN1CC1CCNCC1. The van der Waals surface area contributed by atoms with Gasteiger partial charge in [-0.2, -0.15) is 0 Å². The molecule has 84 valence electrons. The van der Waals surface area contributed by atoms with Gasteiger partial charge in [-0.25, -0.2) is 8.42 Å². The first-order chi connectivity index (χ1) is 7.18. The van der Waals surface area contributed by atoms with Crippen molar-refractivity contribution in [2.45, 2.75) is 12.8 Å². The van der Waals surface area contributed by atoms with Gasteiger partial charge in [0.25, 0.3) is 10.0 Å². The van der Waals surface area contributed by atoms with Gasteiger partial charge in [0, 0.05) is 12.7 Å². The normalized spacial score (nSPS) is 25.7. The lowest BCUT2D eigenvalue weighted by atomic mass is 9.98. The molecule has 2 aliphatic rings. The molecule has 2 heterocycles. The van der Waals surface area contributed by atoms with Gasteiger partial charge in [0.2, 0.25) is 0 Å². The molecule has 0 bridgehead atoms. The molecule has 0 aromatic carbocycles. The lowest BCUT2D eigenvalue weighted by Gasteiger charge is -2.28. The Kier molecular flexibility index (Phi) is 3.11. The van der Waals surface area contributed by atoms with Gasteiger partial charge in [0.15, 0.2) is 0 Å². The zero-order chi connectivity index (χ0) is 10.7. The summed E-state index contributed by atoms with van der Waals surface area (Å²) in [6.07, 6.45) is 7.10. The summed E-state index contributed by atoms with van der Waals surface area (Å²) in [5.74, 6) is 0.483. The Balaban J connectivity index is 1.99. The smallest absolute Gasteiger partial charge is 0.256 e. The summed E-state index contributed by atoms with van der Waals surface area (Å²) in [5.41, 5.74) is 0. The Bertz CT molecular complexity index is 367. The molecular weight excluding hydrogens is 212 g/mol. The number of piperidine rings is 1. The number of sulfonamides is 1. The molecule has 0 atom stereocenters. The van der Waals surface area contributed by atoms with Crippen LogP contribution in [-0.2, 0) is 10.0 Å². The Morgan fingerprint density at radius 1 is 1.27 bits per heavy atom. The predicted octanol–water partition coefficient (Wildman–Crippen LogP) is 0.659. The molecular formula is C10H16N2O2S. The molecule has 0 spiro atoms. The largest absolute Gasteiger partial charge is 0.317 e. The fourth-order valence-electron chi connectivity index (χ4n) is 1.94. The summed E-state index contributed by atoms with van der Waals surface area (Å²) in [6, 6.07) is 0. The number of nitrogens with zero attached hydrogens (tertiary/aromatic N) is 1. The van der Waals surface area contributed by atoms with Crippen LogP contribution in [0.1, 0.15) is 12.8 Å². The zero-order valence-corrected chi connectivity index (χ0v) is 9.41. The second kappa shape index (κ2) is 4.37. The molecule has 1 saturated heterocycles. The van der Waals surface area contributed by atoms with E-state index in [0.717, 1.165) is 25.9 Å². The Morgan fingerprint density at radius 3 is 2.67 bits per heavy atom. The number of hydrogen-bond acceptors (Lipinski definition) is 3. The van der Waals surface area contributed by atoms with Gasteiger partial charge in [0.1, 0.15) is 0 Å². The maximum absolute atomic E-state index is 11.6. The first kappa shape index (κ1) is 10.7. The maximum Gasteiger partial charge on any atom is 0.256 e. The molecule has 1 N–H and O–H groups in total. The van der Waals surface area contributed by atoms with Crippen molar-refractivity contribution in [1.29, 1.82) is 0 Å². The third-order valence-corrected chi connectivity index (χ3v) is 4.26. The average molecular weight is 228 g/mol. The van der Waals surface area contributed by atoms with Crippen LogP contribution in [0.25, 0.3) is 0 Å². The third-order valence-electron chi connectivity index (χ3n) is 2.84. The van der Waals surface area contributed by atoms with E-state index in [9.17, 15) is 8.42 Å². The van der Waals surface area contributed by atoms with Gasteiger partial charge in [0.05, 0.1) is 5.41 Å². The molecule has 0 unspecified atom stereocenters. The number of allylic oxidation sites excluding steroid dienone is 2. The van der Waals surface area contributed by atoms with Crippen molar-refractivity contribution in [1.82, 2.24) is 9.62 Å². The monoisotopic (exact) mass is 228 g/mol. The molecule has 0 radical (unpaired) electrons. The average Bonchev–Trinajstić information content (AvgIpc) is 2.23. The van der Waals surface area contributed by atoms with Gasteiger partial charge in [-0.15, -0.1) is 0 Å². The molecule has 5 heteroatoms. The van der Waals surface area contributed by atoms with E-state index in [4.69, 9.17) is 0 Å². The highest BCUT2D eigenvalue weighted by atomic mass is 32.2. The van der Waals surface area contributed by atoms with Crippen LogP contribution in [0.2, 0.25) is 0 Å². The molecule has 4 nitrogen and oxygen atoms in total. The summed E-state index contributed by atoms with van der Waals surface area (Å²) in [4.78, 5) is 0. The highest BCUT2D eigenvalue weighted by molar-refractivity contribution is 7.92. The third kappa shape index (κ3) is 2.60. The molecule has 1 fully saturated rings. The van der Waals surface area contributed by atoms with E-state index in [1.54, 1.807) is 18.4 Å². The Morgan fingerprint density at radius 2 is 2.00 bits per heavy atom. The quantitative estimate of drug-likeness (QED) is 0.755. The van der Waals surface area contributed by atoms with E-state index in [1.165, 1.54) is 9.71 Å². The van der Waals surface area contributed by atoms with Gasteiger partial charge in [-0.05, 0) is 44.0 Å². The Labute approximate surface area is 90.7 Å². The van der Waals surface area contributed by atoms with Crippen LogP contribution in [0.4, 0.5) is 0 Å². The predicted molar refractivity (Wildman–Crippen MR) is 59.5 cm³/mol. The van der Waals surface area contributed by atoms with Crippen LogP contribution in [-0.4, -0.2) is 32.4 Å². The van der Waals surface area contributed by atoms with Gasteiger partial charge >= 0.3 is 0 Å². The maximum atomic E-state index is 11.6. The van der Waals surface area contributed by atoms with Crippen molar-refractivity contribution < 1.29 is 8.42 Å². The van der Waals surface area contributed by atoms with Crippen molar-refractivity contribution in [2.75, 3.05) is 19.6 Å². The van der Waals surface area contributed by atoms with E-state index in [0.29, 0.717) is 12.5 Å². The number of rotatable bonds is 2. The molecule has 2 rings (SSSR count). The molecule has 0 aromatic rings. The summed E-state index contributed by atoms with van der Waals surface area (Å²) in [5, 5.41) is 4.53. The lowest BCUT2D eigenvalue weighted by Crippen LogP contribution is -2.36. The highest BCUT2D eigenvalue weighted by Gasteiger charge is 2.22. The molecule has 0 aromatic heterocycles. The minimum Gasteiger partial charge on any atom is -0.317 e. The minimum atomic E-state index is -3.18. The fourth-order valence-corrected chi connectivity index (χ4v) is 3.04. The standard InChI is InChI=1S/C10H16N2O2S/c13-15(14)8-2-1-7-12(15)9-10-3-5-11-6-4-10/h1-2,7-8,10-11H,3-6,9H2. The topological polar surface area (TPSA) is 49.4 Å². The summed E-state index contributed by atoms with van der Waals surface area (Å²) in [7, 11) is -3.18. The van der Waals surface area contributed by atoms with E-state index in [-0.39, 0.29) is 0 Å². The summed E-state index contributed by atoms with van der Waals surface area (Å²) < 4.78 is 24.7. The van der Waals surface area contributed by atoms with E-state index in [1.807, 2.05) is 0 Å². The number of nitrogens with one attached hydrogen (secondary N) is 1. The molecule has 0 aliphatic carbocycles. The zero-order valence-electron chi connectivity index (χ0n) is 8.59. The van der Waals surface area contributed by atoms with Crippen molar-refractivity contribution in [2.24, 2.45) is 5.92 Å². The van der Waals surface area contributed by atoms with E-state index >= 15 is 0 Å². The van der Waals surface area contributed by atoms with Crippen LogP contribution in [0.15, 0.2) is 23.8 Å². The second-order valence-corrected chi connectivity index (χ2v) is 5.75. The van der Waals surface area contributed by atoms with Gasteiger partial charge < -0.3 is 5.32 Å². The van der Waals surface area contributed by atoms with Crippen LogP contribution in [0.5, 0.6) is 0 Å². The Hall–Kier alpha value is -0.810. The van der Waals surface area contributed by atoms with Gasteiger partial charge in [-0.3, -0.25) is 4.31 Å². The van der Waals surface area contributed by atoms with E-state index < -0.39 is 10.0 Å². The molecule has 2 aliphatic heterocycles. The molecule has 0 amide bonds. The summed E-state index contributed by atoms with van der Waals surface area (Å²) in [6.45, 7) is 2.61. The van der Waals surface area contributed by atoms with Crippen LogP contribution >= 0.6 is 0 Å². The van der Waals surface area contributed by atoms with E-state index in [2.05, 4.69) is 5.32 Å². The minimum absolute atomic E-state index is 0.483. The van der Waals surface area contributed by atoms with Crippen LogP contribution in [0, 0.1) is 5.92 Å². The molecule has 15 heavy (non-hydrogen) atoms. The summed E-state index contributed by atoms with van der Waals surface area (Å²) >= 11 is 0. The number of hydrogen-bond donors (Lipinski definition) is 1. The lowest BCUT2D eigenvalue weighted by molar-refractivity contribution is 0.324. The van der Waals surface area contributed by atoms with Crippen LogP contribution < -0.4 is 5.32 Å². The first-order valence-corrected chi connectivity index (χ1v) is 6.76. The van der Waals surface area contributed by atoms with Crippen molar-refractivity contribution in [3.05, 3.63) is 23.8 Å². The van der Waals surface area contributed by atoms with Gasteiger partial charge in [-0.1, -0.05) is 0 Å². The highest BCUT2D eigenvalue weighted by Crippen LogP contribution is 2.18. The first-order valence-electron chi connectivity index (χ1n) is 5.26. The second-order valence-electron chi connectivity index (χ2n) is 3.98. The fraction of sp³-hybridized carbons (Fsp3) is 0.600. The van der Waals surface area contributed by atoms with Crippen LogP contribution in [0.3, 0.4) is 0 Å². The van der Waals surface area contributed by atoms with Crippen molar-refractivity contribution in [3.8, 4) is 0 Å². The molecule has 0 saturated carbocycles. The van der Waals surface area contributed by atoms with Crippen molar-refractivity contribution in [3.63, 3.8) is 0 Å². The van der Waals surface area contributed by atoms with Crippen molar-refractivity contribution >= 4 is 10.0 Å².